The lowest BCUT2D eigenvalue weighted by atomic mass is 9.96. The van der Waals surface area contributed by atoms with Gasteiger partial charge in [0.05, 0.1) is 24.4 Å². The van der Waals surface area contributed by atoms with Crippen LogP contribution in [0.3, 0.4) is 0 Å². The van der Waals surface area contributed by atoms with E-state index in [9.17, 15) is 27.6 Å². The molecule has 1 aromatic heterocycles. The highest BCUT2D eigenvalue weighted by Crippen LogP contribution is 2.46. The van der Waals surface area contributed by atoms with E-state index in [1.54, 1.807) is 7.11 Å². The van der Waals surface area contributed by atoms with E-state index >= 15 is 0 Å². The number of fused-ring (bicyclic) bond motifs is 5. The molecule has 2 aromatic rings. The summed E-state index contributed by atoms with van der Waals surface area (Å²) >= 11 is 0. The molecule has 2 bridgehead atoms. The lowest BCUT2D eigenvalue weighted by Crippen LogP contribution is -2.59. The Hall–Kier alpha value is -4.66. The van der Waals surface area contributed by atoms with Crippen molar-refractivity contribution in [3.8, 4) is 11.6 Å². The number of hydrogen-bond acceptors (Lipinski definition) is 10. The lowest BCUT2D eigenvalue weighted by molar-refractivity contribution is -0.142. The second kappa shape index (κ2) is 15.9. The molecule has 4 amide bonds. The summed E-state index contributed by atoms with van der Waals surface area (Å²) in [6.07, 6.45) is 13.8. The van der Waals surface area contributed by atoms with Crippen molar-refractivity contribution >= 4 is 50.8 Å². The van der Waals surface area contributed by atoms with Crippen LogP contribution in [0.2, 0.25) is 0 Å². The highest BCUT2D eigenvalue weighted by atomic mass is 32.2. The van der Waals surface area contributed by atoms with Crippen molar-refractivity contribution in [3.63, 3.8) is 0 Å². The van der Waals surface area contributed by atoms with Gasteiger partial charge in [-0.3, -0.25) is 19.1 Å². The van der Waals surface area contributed by atoms with Crippen molar-refractivity contribution in [2.45, 2.75) is 125 Å². The van der Waals surface area contributed by atoms with Crippen LogP contribution in [0.5, 0.6) is 11.6 Å². The van der Waals surface area contributed by atoms with Gasteiger partial charge < -0.3 is 29.7 Å². The molecule has 14 nitrogen and oxygen atoms in total. The minimum Gasteiger partial charge on any atom is -0.497 e. The predicted molar refractivity (Wildman–Crippen MR) is 211 cm³/mol. The second-order valence-electron chi connectivity index (χ2n) is 16.7. The number of ether oxygens (including phenoxy) is 3. The lowest BCUT2D eigenvalue weighted by Gasteiger charge is -2.32. The number of benzene rings is 1. The zero-order chi connectivity index (χ0) is 39.9. The van der Waals surface area contributed by atoms with Crippen LogP contribution in [-0.2, 0) is 29.1 Å². The van der Waals surface area contributed by atoms with Crippen LogP contribution in [0.15, 0.2) is 43.0 Å². The topological polar surface area (TPSA) is 182 Å². The summed E-state index contributed by atoms with van der Waals surface area (Å²) < 4.78 is 46.0. The van der Waals surface area contributed by atoms with Crippen LogP contribution in [0.4, 0.5) is 4.79 Å². The largest absolute Gasteiger partial charge is 0.497 e. The molecule has 3 heterocycles. The number of amides is 4. The number of carbonyl (C=O) groups is 4. The fourth-order valence-corrected chi connectivity index (χ4v) is 10.7. The van der Waals surface area contributed by atoms with Crippen molar-refractivity contribution < 1.29 is 41.8 Å². The molecule has 15 heteroatoms. The van der Waals surface area contributed by atoms with E-state index in [0.717, 1.165) is 75.2 Å². The van der Waals surface area contributed by atoms with Gasteiger partial charge in [0.1, 0.15) is 35.6 Å². The molecule has 5 fully saturated rings. The molecule has 57 heavy (non-hydrogen) atoms. The molecule has 1 saturated heterocycles. The zero-order valence-electron chi connectivity index (χ0n) is 32.5. The van der Waals surface area contributed by atoms with Crippen molar-refractivity contribution in [1.29, 1.82) is 0 Å². The first-order valence-corrected chi connectivity index (χ1v) is 22.1. The fourth-order valence-electron chi connectivity index (χ4n) is 9.38. The van der Waals surface area contributed by atoms with E-state index in [0.29, 0.717) is 30.0 Å². The number of methoxy groups -OCH3 is 1. The summed E-state index contributed by atoms with van der Waals surface area (Å²) in [5.74, 6) is -1.35. The molecule has 8 rings (SSSR count). The average Bonchev–Trinajstić information content (AvgIpc) is 3.98. The van der Waals surface area contributed by atoms with Gasteiger partial charge in [-0.25, -0.2) is 18.2 Å². The number of rotatable bonds is 8. The molecule has 7 atom stereocenters. The Bertz CT molecular complexity index is 2060. The Balaban J connectivity index is 1.14. The van der Waals surface area contributed by atoms with Gasteiger partial charge in [0.25, 0.3) is 5.91 Å². The summed E-state index contributed by atoms with van der Waals surface area (Å²) in [7, 11) is -2.31. The molecule has 2 aliphatic heterocycles. The van der Waals surface area contributed by atoms with Gasteiger partial charge in [0, 0.05) is 29.4 Å². The van der Waals surface area contributed by atoms with Crippen LogP contribution in [-0.4, -0.2) is 90.9 Å². The summed E-state index contributed by atoms with van der Waals surface area (Å²) in [5, 5.41) is 6.06. The number of aromatic nitrogens is 1. The van der Waals surface area contributed by atoms with Gasteiger partial charge in [-0.05, 0) is 101 Å². The minimum atomic E-state index is -3.90. The summed E-state index contributed by atoms with van der Waals surface area (Å²) in [6, 6.07) is 5.58. The number of sulfonamides is 1. The molecule has 306 valence electrons. The summed E-state index contributed by atoms with van der Waals surface area (Å²) in [6.45, 7) is 3.82. The summed E-state index contributed by atoms with van der Waals surface area (Å²) in [5.41, 5.74) is -0.141. The first-order chi connectivity index (χ1) is 27.5. The zero-order valence-corrected chi connectivity index (χ0v) is 33.3. The number of nitrogens with zero attached hydrogens (tertiary/aromatic N) is 2. The van der Waals surface area contributed by atoms with Crippen LogP contribution in [0.1, 0.15) is 95.5 Å². The highest BCUT2D eigenvalue weighted by molar-refractivity contribution is 7.91. The van der Waals surface area contributed by atoms with Gasteiger partial charge in [-0.1, -0.05) is 31.1 Å². The molecule has 4 aliphatic carbocycles. The molecule has 6 aliphatic rings. The van der Waals surface area contributed by atoms with Crippen LogP contribution in [0.25, 0.3) is 17.0 Å². The highest BCUT2D eigenvalue weighted by Gasteiger charge is 2.62. The molecule has 2 unspecified atom stereocenters. The first kappa shape index (κ1) is 39.2. The smallest absolute Gasteiger partial charge is 0.408 e. The van der Waals surface area contributed by atoms with Crippen molar-refractivity contribution in [2.24, 2.45) is 17.8 Å². The Morgan fingerprint density at radius 2 is 1.79 bits per heavy atom. The molecule has 0 radical (unpaired) electrons. The van der Waals surface area contributed by atoms with Crippen molar-refractivity contribution in [3.05, 3.63) is 48.6 Å². The van der Waals surface area contributed by atoms with E-state index < -0.39 is 68.7 Å². The molecule has 1 aromatic carbocycles. The number of carbonyl (C=O) groups excluding carboxylic acids is 4. The van der Waals surface area contributed by atoms with E-state index in [1.165, 1.54) is 11.0 Å². The number of alkyl carbamates (subject to hydrolysis) is 1. The third-order valence-corrected chi connectivity index (χ3v) is 14.7. The molecule has 3 N–H and O–H groups in total. The third kappa shape index (κ3) is 8.22. The van der Waals surface area contributed by atoms with Gasteiger partial charge in [0.2, 0.25) is 27.7 Å². The summed E-state index contributed by atoms with van der Waals surface area (Å²) in [4.78, 5) is 63.0. The van der Waals surface area contributed by atoms with E-state index in [-0.39, 0.29) is 37.3 Å². The van der Waals surface area contributed by atoms with Crippen molar-refractivity contribution in [2.75, 3.05) is 13.7 Å². The molecule has 4 saturated carbocycles. The van der Waals surface area contributed by atoms with Gasteiger partial charge in [-0.2, -0.15) is 0 Å². The van der Waals surface area contributed by atoms with Crippen LogP contribution < -0.4 is 24.8 Å². The Labute approximate surface area is 333 Å². The van der Waals surface area contributed by atoms with E-state index in [4.69, 9.17) is 19.2 Å². The SMILES string of the molecule is C=CC1C[C@]1(NC(=O)[C@@H]1C[C@@H]2CN1C(=O)[C@H](C1CCCC1)NC(=O)O[C@@H]1CCCC1CCC/C=C/c1cc3ccc(OC)cc3nc1O2)C(=O)NS(=O)(=O)C1CC1. The normalized spacial score (nSPS) is 31.4. The molecular formula is C42H53N5O9S. The maximum atomic E-state index is 14.9. The maximum Gasteiger partial charge on any atom is 0.408 e. The minimum absolute atomic E-state index is 0.00267. The molecule has 0 spiro atoms. The van der Waals surface area contributed by atoms with Gasteiger partial charge in [-0.15, -0.1) is 6.58 Å². The Morgan fingerprint density at radius 3 is 2.53 bits per heavy atom. The Morgan fingerprint density at radius 1 is 1.02 bits per heavy atom. The van der Waals surface area contributed by atoms with E-state index in [1.807, 2.05) is 30.3 Å². The average molecular weight is 804 g/mol. The van der Waals surface area contributed by atoms with Gasteiger partial charge >= 0.3 is 6.09 Å². The third-order valence-electron chi connectivity index (χ3n) is 12.9. The predicted octanol–water partition coefficient (Wildman–Crippen LogP) is 4.91. The van der Waals surface area contributed by atoms with Crippen molar-refractivity contribution in [1.82, 2.24) is 25.2 Å². The number of pyridine rings is 1. The van der Waals surface area contributed by atoms with Crippen LogP contribution >= 0.6 is 0 Å². The fraction of sp³-hybridized carbons (Fsp3) is 0.595. The maximum absolute atomic E-state index is 14.9. The number of nitrogens with one attached hydrogen (secondary N) is 3. The first-order valence-electron chi connectivity index (χ1n) is 20.6. The standard InChI is InChI=1S/C42H53N5O9S/c1-3-29-23-42(29,40(50)46-57(52,53)32-18-19-32)45-37(48)34-22-31-24-47(34)39(49)36(26-11-7-8-12-26)44-41(51)56-35-15-9-14-25(35)10-5-4-6-13-28-20-27-16-17-30(54-2)21-33(27)43-38(28)55-31/h3,6,13,16-17,20-21,25-26,29,31-32,34-36H,1,4-5,7-12,14-15,18-19,22-24H2,2H3,(H,44,51)(H,45,48)(H,46,50)/b13-6+/t25?,29?,31-,34+,35-,36+,42-/m1/s1. The molecular weight excluding hydrogens is 751 g/mol. The second-order valence-corrected chi connectivity index (χ2v) is 18.7. The number of allylic oxidation sites excluding steroid dienone is 1. The quantitative estimate of drug-likeness (QED) is 0.310. The van der Waals surface area contributed by atoms with Gasteiger partial charge in [0.15, 0.2) is 0 Å². The number of hydrogen-bond donors (Lipinski definition) is 3. The Kier molecular flexibility index (Phi) is 11.0. The van der Waals surface area contributed by atoms with Crippen LogP contribution in [0, 0.1) is 17.8 Å². The monoisotopic (exact) mass is 803 g/mol. The van der Waals surface area contributed by atoms with E-state index in [2.05, 4.69) is 28.0 Å².